The van der Waals surface area contributed by atoms with Gasteiger partial charge >= 0.3 is 11.1 Å². The van der Waals surface area contributed by atoms with Crippen LogP contribution in [-0.4, -0.2) is 16.2 Å². The zero-order valence-electron chi connectivity index (χ0n) is 13.0. The molecule has 1 aromatic heterocycles. The minimum absolute atomic E-state index is 0.206. The summed E-state index contributed by atoms with van der Waals surface area (Å²) in [6.45, 7) is 0.206. The van der Waals surface area contributed by atoms with Gasteiger partial charge in [-0.25, -0.2) is 4.39 Å². The summed E-state index contributed by atoms with van der Waals surface area (Å²) in [7, 11) is 1.55. The smallest absolute Gasteiger partial charge is 0.320 e. The minimum atomic E-state index is -0.648. The van der Waals surface area contributed by atoms with E-state index in [1.54, 1.807) is 43.5 Å². The molecule has 0 spiro atoms. The second-order valence-corrected chi connectivity index (χ2v) is 5.23. The van der Waals surface area contributed by atoms with Gasteiger partial charge in [0.05, 0.1) is 13.7 Å². The van der Waals surface area contributed by atoms with Crippen molar-refractivity contribution in [1.29, 1.82) is 0 Å². The van der Waals surface area contributed by atoms with E-state index in [-0.39, 0.29) is 12.4 Å². The van der Waals surface area contributed by atoms with Gasteiger partial charge in [0.15, 0.2) is 0 Å². The molecular weight excluding hydrogens is 311 g/mol. The Morgan fingerprint density at radius 3 is 2.21 bits per heavy atom. The first-order valence-corrected chi connectivity index (χ1v) is 7.29. The van der Waals surface area contributed by atoms with Crippen molar-refractivity contribution >= 4 is 0 Å². The molecule has 0 saturated heterocycles. The number of methoxy groups -OCH3 is 1. The largest absolute Gasteiger partial charge is 0.497 e. The van der Waals surface area contributed by atoms with E-state index >= 15 is 0 Å². The highest BCUT2D eigenvalue weighted by Gasteiger charge is 2.07. The fourth-order valence-corrected chi connectivity index (χ4v) is 2.37. The molecule has 0 atom stereocenters. The Hall–Kier alpha value is -3.15. The highest BCUT2D eigenvalue weighted by atomic mass is 19.1. The third kappa shape index (κ3) is 3.12. The average molecular weight is 326 g/mol. The monoisotopic (exact) mass is 326 g/mol. The molecule has 3 rings (SSSR count). The van der Waals surface area contributed by atoms with Crippen LogP contribution in [0.5, 0.6) is 5.75 Å². The number of benzene rings is 2. The molecule has 1 heterocycles. The van der Waals surface area contributed by atoms with Crippen LogP contribution in [0.15, 0.2) is 70.5 Å². The van der Waals surface area contributed by atoms with Crippen molar-refractivity contribution in [2.75, 3.05) is 7.11 Å². The van der Waals surface area contributed by atoms with E-state index in [0.717, 1.165) is 5.56 Å². The maximum atomic E-state index is 12.9. The first-order valence-electron chi connectivity index (χ1n) is 7.29. The van der Waals surface area contributed by atoms with Gasteiger partial charge < -0.3 is 9.30 Å². The molecular formula is C18H15FN2O3. The highest BCUT2D eigenvalue weighted by Crippen LogP contribution is 2.13. The molecule has 5 nitrogen and oxygen atoms in total. The summed E-state index contributed by atoms with van der Waals surface area (Å²) in [4.78, 5) is 24.6. The fraction of sp³-hybridized carbons (Fsp3) is 0.111. The maximum absolute atomic E-state index is 12.9. The third-order valence-corrected chi connectivity index (χ3v) is 3.68. The number of hydrogen-bond donors (Lipinski definition) is 0. The van der Waals surface area contributed by atoms with Crippen molar-refractivity contribution in [3.8, 4) is 11.4 Å². The molecule has 0 radical (unpaired) electrons. The van der Waals surface area contributed by atoms with Gasteiger partial charge in [0.2, 0.25) is 0 Å². The van der Waals surface area contributed by atoms with Crippen LogP contribution in [0.3, 0.4) is 0 Å². The summed E-state index contributed by atoms with van der Waals surface area (Å²) < 4.78 is 20.6. The first-order chi connectivity index (χ1) is 11.6. The molecule has 122 valence electrons. The van der Waals surface area contributed by atoms with Gasteiger partial charge in [-0.15, -0.1) is 0 Å². The summed E-state index contributed by atoms with van der Waals surface area (Å²) in [6.07, 6.45) is 3.08. The molecule has 0 aliphatic rings. The Kier molecular flexibility index (Phi) is 4.29. The van der Waals surface area contributed by atoms with Crippen LogP contribution in [0.25, 0.3) is 5.69 Å². The van der Waals surface area contributed by atoms with Gasteiger partial charge in [0.1, 0.15) is 11.6 Å². The van der Waals surface area contributed by atoms with Crippen LogP contribution in [0.1, 0.15) is 5.56 Å². The number of hydrogen-bond acceptors (Lipinski definition) is 3. The van der Waals surface area contributed by atoms with Crippen molar-refractivity contribution in [3.63, 3.8) is 0 Å². The normalized spacial score (nSPS) is 10.6. The van der Waals surface area contributed by atoms with Gasteiger partial charge in [-0.3, -0.25) is 14.2 Å². The van der Waals surface area contributed by atoms with Gasteiger partial charge in [0.25, 0.3) is 0 Å². The summed E-state index contributed by atoms with van der Waals surface area (Å²) in [5.41, 5.74) is 0.0225. The zero-order valence-corrected chi connectivity index (χ0v) is 13.0. The number of rotatable bonds is 4. The first kappa shape index (κ1) is 15.7. The van der Waals surface area contributed by atoms with Crippen molar-refractivity contribution in [3.05, 3.63) is 93.0 Å². The molecule has 0 unspecified atom stereocenters. The van der Waals surface area contributed by atoms with Gasteiger partial charge in [0, 0.05) is 18.1 Å². The summed E-state index contributed by atoms with van der Waals surface area (Å²) in [5, 5.41) is 0. The molecule has 0 saturated carbocycles. The van der Waals surface area contributed by atoms with E-state index < -0.39 is 11.1 Å². The van der Waals surface area contributed by atoms with Crippen molar-refractivity contribution in [1.82, 2.24) is 9.13 Å². The predicted octanol–water partition coefficient (Wildman–Crippen LogP) is 2.20. The SMILES string of the molecule is COc1ccc(-n2ccn(Cc3ccc(F)cc3)c(=O)c2=O)cc1. The summed E-state index contributed by atoms with van der Waals surface area (Å²) in [5.74, 6) is 0.317. The predicted molar refractivity (Wildman–Crippen MR) is 88.4 cm³/mol. The van der Waals surface area contributed by atoms with E-state index in [1.807, 2.05) is 0 Å². The van der Waals surface area contributed by atoms with Crippen LogP contribution in [0.4, 0.5) is 4.39 Å². The molecule has 2 aromatic carbocycles. The van der Waals surface area contributed by atoms with Gasteiger partial charge in [-0.05, 0) is 42.0 Å². The Morgan fingerprint density at radius 1 is 0.917 bits per heavy atom. The minimum Gasteiger partial charge on any atom is -0.497 e. The molecule has 24 heavy (non-hydrogen) atoms. The molecule has 0 fully saturated rings. The highest BCUT2D eigenvalue weighted by molar-refractivity contribution is 5.37. The van der Waals surface area contributed by atoms with E-state index in [2.05, 4.69) is 0 Å². The van der Waals surface area contributed by atoms with Crippen LogP contribution in [0.2, 0.25) is 0 Å². The molecule has 0 aliphatic heterocycles. The van der Waals surface area contributed by atoms with E-state index in [4.69, 9.17) is 4.74 Å². The number of nitrogens with zero attached hydrogens (tertiary/aromatic N) is 2. The standard InChI is InChI=1S/C18H15FN2O3/c1-24-16-8-6-15(7-9-16)21-11-10-20(17(22)18(21)23)12-13-2-4-14(19)5-3-13/h2-11H,12H2,1H3. The Balaban J connectivity index is 1.95. The maximum Gasteiger partial charge on any atom is 0.320 e. The topological polar surface area (TPSA) is 53.2 Å². The third-order valence-electron chi connectivity index (χ3n) is 3.68. The Bertz CT molecular complexity index is 957. The second-order valence-electron chi connectivity index (χ2n) is 5.23. The average Bonchev–Trinajstić information content (AvgIpc) is 2.61. The lowest BCUT2D eigenvalue weighted by Gasteiger charge is -2.09. The fourth-order valence-electron chi connectivity index (χ4n) is 2.37. The number of aromatic nitrogens is 2. The van der Waals surface area contributed by atoms with Crippen LogP contribution in [0, 0.1) is 5.82 Å². The number of ether oxygens (including phenoxy) is 1. The molecule has 0 aliphatic carbocycles. The van der Waals surface area contributed by atoms with E-state index in [1.165, 1.54) is 33.7 Å². The lowest BCUT2D eigenvalue weighted by molar-refractivity contribution is 0.414. The Labute approximate surface area is 137 Å². The Morgan fingerprint density at radius 2 is 1.58 bits per heavy atom. The van der Waals surface area contributed by atoms with E-state index in [9.17, 15) is 14.0 Å². The lowest BCUT2D eigenvalue weighted by atomic mass is 10.2. The van der Waals surface area contributed by atoms with Crippen molar-refractivity contribution in [2.45, 2.75) is 6.54 Å². The molecule has 3 aromatic rings. The van der Waals surface area contributed by atoms with Gasteiger partial charge in [-0.1, -0.05) is 12.1 Å². The summed E-state index contributed by atoms with van der Waals surface area (Å²) >= 11 is 0. The lowest BCUT2D eigenvalue weighted by Crippen LogP contribution is -2.40. The zero-order chi connectivity index (χ0) is 17.1. The van der Waals surface area contributed by atoms with Crippen LogP contribution >= 0.6 is 0 Å². The van der Waals surface area contributed by atoms with Crippen molar-refractivity contribution in [2.24, 2.45) is 0 Å². The van der Waals surface area contributed by atoms with Crippen molar-refractivity contribution < 1.29 is 9.13 Å². The quantitative estimate of drug-likeness (QED) is 0.691. The molecule has 0 amide bonds. The second kappa shape index (κ2) is 6.54. The summed E-state index contributed by atoms with van der Waals surface area (Å²) in [6, 6.07) is 12.6. The van der Waals surface area contributed by atoms with Crippen LogP contribution < -0.4 is 15.9 Å². The van der Waals surface area contributed by atoms with Crippen LogP contribution in [-0.2, 0) is 6.54 Å². The molecule has 0 N–H and O–H groups in total. The molecule has 6 heteroatoms. The molecule has 0 bridgehead atoms. The van der Waals surface area contributed by atoms with Gasteiger partial charge in [-0.2, -0.15) is 0 Å². The van der Waals surface area contributed by atoms with E-state index in [0.29, 0.717) is 11.4 Å². The number of halogens is 1.